The fourth-order valence-corrected chi connectivity index (χ4v) is 2.07. The molecule has 0 spiro atoms. The maximum Gasteiger partial charge on any atom is 0.254 e. The lowest BCUT2D eigenvalue weighted by atomic mass is 10.1. The highest BCUT2D eigenvalue weighted by Crippen LogP contribution is 2.05. The number of carbonyl (C=O) groups excluding carboxylic acids is 1. The normalized spacial score (nSPS) is 10.2. The average molecular weight is 270 g/mol. The van der Waals surface area contributed by atoms with Gasteiger partial charge in [0.05, 0.1) is 0 Å². The van der Waals surface area contributed by atoms with Crippen molar-refractivity contribution in [3.05, 3.63) is 70.1 Å². The second-order valence-corrected chi connectivity index (χ2v) is 4.56. The van der Waals surface area contributed by atoms with Gasteiger partial charge in [0, 0.05) is 30.9 Å². The van der Waals surface area contributed by atoms with Crippen molar-refractivity contribution in [2.75, 3.05) is 13.1 Å². The molecule has 4 heteroatoms. The first-order valence-corrected chi connectivity index (χ1v) is 6.72. The molecular weight excluding hydrogens is 252 g/mol. The molecule has 0 aliphatic rings. The quantitative estimate of drug-likeness (QED) is 0.904. The maximum absolute atomic E-state index is 12.3. The smallest absolute Gasteiger partial charge is 0.254 e. The van der Waals surface area contributed by atoms with Crippen molar-refractivity contribution < 1.29 is 4.79 Å². The Morgan fingerprint density at radius 3 is 2.60 bits per heavy atom. The van der Waals surface area contributed by atoms with Crippen LogP contribution in [-0.4, -0.2) is 28.9 Å². The summed E-state index contributed by atoms with van der Waals surface area (Å²) in [4.78, 5) is 27.8. The summed E-state index contributed by atoms with van der Waals surface area (Å²) in [6, 6.07) is 13.0. The van der Waals surface area contributed by atoms with E-state index in [4.69, 9.17) is 0 Å². The number of benzene rings is 1. The second kappa shape index (κ2) is 6.70. The van der Waals surface area contributed by atoms with Gasteiger partial charge in [-0.2, -0.15) is 0 Å². The summed E-state index contributed by atoms with van der Waals surface area (Å²) in [7, 11) is 0. The minimum absolute atomic E-state index is 0.102. The van der Waals surface area contributed by atoms with Crippen LogP contribution in [0.15, 0.2) is 53.5 Å². The minimum Gasteiger partial charge on any atom is -0.339 e. The summed E-state index contributed by atoms with van der Waals surface area (Å²) in [5.41, 5.74) is 1.38. The van der Waals surface area contributed by atoms with Gasteiger partial charge in [-0.1, -0.05) is 30.3 Å². The number of H-pyrrole nitrogens is 1. The van der Waals surface area contributed by atoms with Crippen LogP contribution in [0.3, 0.4) is 0 Å². The van der Waals surface area contributed by atoms with E-state index in [1.54, 1.807) is 11.0 Å². The zero-order valence-electron chi connectivity index (χ0n) is 11.5. The fourth-order valence-electron chi connectivity index (χ4n) is 2.07. The number of aromatic amines is 1. The van der Waals surface area contributed by atoms with Gasteiger partial charge in [0.1, 0.15) is 0 Å². The van der Waals surface area contributed by atoms with Crippen LogP contribution in [0.4, 0.5) is 0 Å². The van der Waals surface area contributed by atoms with Crippen LogP contribution in [0.1, 0.15) is 22.8 Å². The average Bonchev–Trinajstić information content (AvgIpc) is 2.48. The van der Waals surface area contributed by atoms with Gasteiger partial charge in [0.2, 0.25) is 5.56 Å². The van der Waals surface area contributed by atoms with Crippen molar-refractivity contribution in [3.63, 3.8) is 0 Å². The molecule has 0 saturated carbocycles. The Balaban J connectivity index is 2.04. The lowest BCUT2D eigenvalue weighted by Crippen LogP contribution is -2.33. The van der Waals surface area contributed by atoms with E-state index < -0.39 is 0 Å². The van der Waals surface area contributed by atoms with E-state index in [2.05, 4.69) is 4.98 Å². The maximum atomic E-state index is 12.3. The molecule has 0 aliphatic carbocycles. The second-order valence-electron chi connectivity index (χ2n) is 4.56. The van der Waals surface area contributed by atoms with Crippen LogP contribution in [0.2, 0.25) is 0 Å². The summed E-state index contributed by atoms with van der Waals surface area (Å²) in [5.74, 6) is -0.102. The van der Waals surface area contributed by atoms with Crippen LogP contribution in [-0.2, 0) is 6.42 Å². The molecule has 0 fully saturated rings. The van der Waals surface area contributed by atoms with E-state index in [9.17, 15) is 9.59 Å². The molecule has 1 N–H and O–H groups in total. The molecule has 0 bridgehead atoms. The summed E-state index contributed by atoms with van der Waals surface area (Å²) in [6.07, 6.45) is 2.31. The van der Waals surface area contributed by atoms with Gasteiger partial charge in [-0.05, 0) is 25.0 Å². The topological polar surface area (TPSA) is 53.2 Å². The number of amides is 1. The van der Waals surface area contributed by atoms with Crippen molar-refractivity contribution in [1.29, 1.82) is 0 Å². The molecule has 2 rings (SSSR count). The van der Waals surface area contributed by atoms with Crippen LogP contribution in [0, 0.1) is 0 Å². The first-order valence-electron chi connectivity index (χ1n) is 6.72. The molecule has 1 aromatic heterocycles. The number of nitrogens with zero attached hydrogens (tertiary/aromatic N) is 1. The summed E-state index contributed by atoms with van der Waals surface area (Å²) in [5, 5.41) is 0. The zero-order valence-corrected chi connectivity index (χ0v) is 11.5. The zero-order chi connectivity index (χ0) is 14.4. The molecule has 4 nitrogen and oxygen atoms in total. The molecule has 1 heterocycles. The summed E-state index contributed by atoms with van der Waals surface area (Å²) >= 11 is 0. The van der Waals surface area contributed by atoms with Crippen LogP contribution in [0.5, 0.6) is 0 Å². The Labute approximate surface area is 118 Å². The van der Waals surface area contributed by atoms with E-state index in [-0.39, 0.29) is 11.5 Å². The Kier molecular flexibility index (Phi) is 4.71. The van der Waals surface area contributed by atoms with Crippen molar-refractivity contribution in [3.8, 4) is 0 Å². The molecule has 2 aromatic rings. The van der Waals surface area contributed by atoms with Crippen LogP contribution >= 0.6 is 0 Å². The fraction of sp³-hybridized carbons (Fsp3) is 0.250. The van der Waals surface area contributed by atoms with Gasteiger partial charge in [-0.15, -0.1) is 0 Å². The number of hydrogen-bond acceptors (Lipinski definition) is 2. The van der Waals surface area contributed by atoms with E-state index in [0.29, 0.717) is 18.7 Å². The van der Waals surface area contributed by atoms with E-state index >= 15 is 0 Å². The third-order valence-electron chi connectivity index (χ3n) is 3.20. The van der Waals surface area contributed by atoms with Crippen molar-refractivity contribution in [1.82, 2.24) is 9.88 Å². The van der Waals surface area contributed by atoms with E-state index in [0.717, 1.165) is 6.42 Å². The van der Waals surface area contributed by atoms with E-state index in [1.807, 2.05) is 37.3 Å². The first-order chi connectivity index (χ1) is 9.70. The molecule has 0 radical (unpaired) electrons. The summed E-state index contributed by atoms with van der Waals surface area (Å²) in [6.45, 7) is 3.21. The van der Waals surface area contributed by atoms with Gasteiger partial charge in [0.25, 0.3) is 5.91 Å². The highest BCUT2D eigenvalue weighted by Gasteiger charge is 2.14. The van der Waals surface area contributed by atoms with Gasteiger partial charge >= 0.3 is 0 Å². The van der Waals surface area contributed by atoms with Gasteiger partial charge in [-0.3, -0.25) is 9.59 Å². The van der Waals surface area contributed by atoms with E-state index in [1.165, 1.54) is 17.8 Å². The third-order valence-corrected chi connectivity index (χ3v) is 3.20. The molecule has 0 saturated heterocycles. The van der Waals surface area contributed by atoms with Gasteiger partial charge in [0.15, 0.2) is 0 Å². The number of aromatic nitrogens is 1. The Bertz CT molecular complexity index is 620. The third kappa shape index (κ3) is 3.57. The molecule has 1 aromatic carbocycles. The van der Waals surface area contributed by atoms with Gasteiger partial charge < -0.3 is 9.88 Å². The molecule has 104 valence electrons. The Morgan fingerprint density at radius 2 is 1.95 bits per heavy atom. The highest BCUT2D eigenvalue weighted by molar-refractivity contribution is 5.94. The van der Waals surface area contributed by atoms with Crippen LogP contribution < -0.4 is 5.56 Å². The number of carbonyl (C=O) groups is 1. The first kappa shape index (κ1) is 14.1. The molecule has 0 atom stereocenters. The molecule has 20 heavy (non-hydrogen) atoms. The number of hydrogen-bond donors (Lipinski definition) is 1. The molecular formula is C16H18N2O2. The minimum atomic E-state index is -0.255. The monoisotopic (exact) mass is 270 g/mol. The number of nitrogens with one attached hydrogen (secondary N) is 1. The van der Waals surface area contributed by atoms with Crippen molar-refractivity contribution >= 4 is 5.91 Å². The molecule has 0 aliphatic heterocycles. The standard InChI is InChI=1S/C16H18N2O2/c1-2-18(11-9-13-6-4-3-5-7-13)16(20)14-8-10-17-15(19)12-14/h3-8,10,12H,2,9,11H2,1H3,(H,17,19). The molecule has 1 amide bonds. The highest BCUT2D eigenvalue weighted by atomic mass is 16.2. The number of rotatable bonds is 5. The largest absolute Gasteiger partial charge is 0.339 e. The predicted molar refractivity (Wildman–Crippen MR) is 78.8 cm³/mol. The predicted octanol–water partition coefficient (Wildman–Crippen LogP) is 2.08. The Hall–Kier alpha value is -2.36. The van der Waals surface area contributed by atoms with Crippen LogP contribution in [0.25, 0.3) is 0 Å². The number of pyridine rings is 1. The Morgan fingerprint density at radius 1 is 1.20 bits per heavy atom. The number of likely N-dealkylation sites (N-methyl/N-ethyl adjacent to an activating group) is 1. The SMILES string of the molecule is CCN(CCc1ccccc1)C(=O)c1cc[nH]c(=O)c1. The lowest BCUT2D eigenvalue weighted by Gasteiger charge is -2.20. The van der Waals surface area contributed by atoms with Crippen molar-refractivity contribution in [2.45, 2.75) is 13.3 Å². The lowest BCUT2D eigenvalue weighted by molar-refractivity contribution is 0.0766. The van der Waals surface area contributed by atoms with Crippen molar-refractivity contribution in [2.24, 2.45) is 0 Å². The molecule has 0 unspecified atom stereocenters. The summed E-state index contributed by atoms with van der Waals surface area (Å²) < 4.78 is 0. The van der Waals surface area contributed by atoms with Gasteiger partial charge in [-0.25, -0.2) is 0 Å².